The molecule has 1 saturated heterocycles. The van der Waals surface area contributed by atoms with Crippen LogP contribution in [0.2, 0.25) is 0 Å². The Morgan fingerprint density at radius 1 is 1.30 bits per heavy atom. The van der Waals surface area contributed by atoms with Crippen LogP contribution in [0.5, 0.6) is 5.75 Å². The van der Waals surface area contributed by atoms with Gasteiger partial charge in [-0.15, -0.1) is 0 Å². The number of hydrogen-bond donors (Lipinski definition) is 0. The highest BCUT2D eigenvalue weighted by molar-refractivity contribution is 6.08. The van der Waals surface area contributed by atoms with E-state index in [0.717, 1.165) is 53.0 Å². The molecular formula is C21H24N4O2. The van der Waals surface area contributed by atoms with Crippen LogP contribution in [0.4, 0.5) is 0 Å². The predicted molar refractivity (Wildman–Crippen MR) is 104 cm³/mol. The Bertz CT molecular complexity index is 981. The van der Waals surface area contributed by atoms with Gasteiger partial charge in [-0.1, -0.05) is 0 Å². The van der Waals surface area contributed by atoms with E-state index in [1.807, 2.05) is 43.1 Å². The molecular weight excluding hydrogens is 340 g/mol. The lowest BCUT2D eigenvalue weighted by Crippen LogP contribution is -2.39. The summed E-state index contributed by atoms with van der Waals surface area (Å²) in [6.45, 7) is 3.47. The Morgan fingerprint density at radius 2 is 2.15 bits per heavy atom. The van der Waals surface area contributed by atoms with Gasteiger partial charge in [0.1, 0.15) is 12.1 Å². The van der Waals surface area contributed by atoms with Gasteiger partial charge in [-0.05, 0) is 44.0 Å². The molecule has 0 aliphatic carbocycles. The fourth-order valence-electron chi connectivity index (χ4n) is 4.05. The summed E-state index contributed by atoms with van der Waals surface area (Å²) in [5, 5.41) is 0.948. The van der Waals surface area contributed by atoms with Crippen molar-refractivity contribution in [1.82, 2.24) is 19.4 Å². The second kappa shape index (κ2) is 7.02. The van der Waals surface area contributed by atoms with Crippen LogP contribution in [0, 0.1) is 6.92 Å². The van der Waals surface area contributed by atoms with Crippen molar-refractivity contribution >= 4 is 16.8 Å². The number of piperidine rings is 1. The first-order valence-electron chi connectivity index (χ1n) is 9.28. The van der Waals surface area contributed by atoms with Crippen molar-refractivity contribution in [3.05, 3.63) is 53.7 Å². The van der Waals surface area contributed by atoms with E-state index in [2.05, 4.69) is 14.5 Å². The Morgan fingerprint density at radius 3 is 2.89 bits per heavy atom. The standard InChI is InChI=1S/C21H24N4O2/c1-14-20(17-11-16(27-3)6-7-19(17)24(14)2)21(26)25-10-4-5-15(12-25)18-8-9-22-13-23-18/h6-9,11,13,15H,4-5,10,12H2,1-3H3/t15-/m0/s1. The second-order valence-corrected chi connectivity index (χ2v) is 7.13. The number of fused-ring (bicyclic) bond motifs is 1. The zero-order chi connectivity index (χ0) is 19.0. The number of carbonyl (C=O) groups excluding carboxylic acids is 1. The van der Waals surface area contributed by atoms with Crippen molar-refractivity contribution in [2.45, 2.75) is 25.7 Å². The molecule has 1 atom stereocenters. The van der Waals surface area contributed by atoms with E-state index in [9.17, 15) is 4.79 Å². The average molecular weight is 364 g/mol. The summed E-state index contributed by atoms with van der Waals surface area (Å²) in [7, 11) is 3.65. The Hall–Kier alpha value is -2.89. The largest absolute Gasteiger partial charge is 0.497 e. The van der Waals surface area contributed by atoms with Gasteiger partial charge in [0, 0.05) is 54.5 Å². The summed E-state index contributed by atoms with van der Waals surface area (Å²) in [6.07, 6.45) is 5.37. The van der Waals surface area contributed by atoms with Gasteiger partial charge < -0.3 is 14.2 Å². The number of amides is 1. The van der Waals surface area contributed by atoms with Crippen molar-refractivity contribution in [2.24, 2.45) is 7.05 Å². The summed E-state index contributed by atoms with van der Waals surface area (Å²) in [4.78, 5) is 23.8. The van der Waals surface area contributed by atoms with E-state index in [1.54, 1.807) is 19.6 Å². The fourth-order valence-corrected chi connectivity index (χ4v) is 4.05. The number of nitrogens with zero attached hydrogens (tertiary/aromatic N) is 4. The topological polar surface area (TPSA) is 60.2 Å². The molecule has 1 aromatic carbocycles. The molecule has 0 unspecified atom stereocenters. The molecule has 2 aromatic heterocycles. The first-order chi connectivity index (χ1) is 13.1. The van der Waals surface area contributed by atoms with Crippen LogP contribution in [-0.4, -0.2) is 45.5 Å². The van der Waals surface area contributed by atoms with Gasteiger partial charge in [-0.25, -0.2) is 9.97 Å². The van der Waals surface area contributed by atoms with Gasteiger partial charge in [0.25, 0.3) is 5.91 Å². The molecule has 0 spiro atoms. The normalized spacial score (nSPS) is 17.3. The number of likely N-dealkylation sites (tertiary alicyclic amines) is 1. The Balaban J connectivity index is 1.69. The molecule has 140 valence electrons. The molecule has 3 heterocycles. The number of carbonyl (C=O) groups is 1. The third-order valence-corrected chi connectivity index (χ3v) is 5.64. The van der Waals surface area contributed by atoms with Crippen molar-refractivity contribution in [3.8, 4) is 5.75 Å². The van der Waals surface area contributed by atoms with E-state index in [1.165, 1.54) is 0 Å². The smallest absolute Gasteiger partial charge is 0.256 e. The average Bonchev–Trinajstić information content (AvgIpc) is 2.98. The number of methoxy groups -OCH3 is 1. The van der Waals surface area contributed by atoms with Gasteiger partial charge in [-0.2, -0.15) is 0 Å². The first-order valence-corrected chi connectivity index (χ1v) is 9.28. The molecule has 1 fully saturated rings. The number of rotatable bonds is 3. The van der Waals surface area contributed by atoms with Crippen LogP contribution >= 0.6 is 0 Å². The lowest BCUT2D eigenvalue weighted by Gasteiger charge is -2.32. The van der Waals surface area contributed by atoms with E-state index < -0.39 is 0 Å². The van der Waals surface area contributed by atoms with Gasteiger partial charge in [0.15, 0.2) is 0 Å². The summed E-state index contributed by atoms with van der Waals surface area (Å²) in [5.41, 5.74) is 3.81. The molecule has 3 aromatic rings. The van der Waals surface area contributed by atoms with E-state index in [-0.39, 0.29) is 11.8 Å². The predicted octanol–water partition coefficient (Wildman–Crippen LogP) is 3.31. The maximum atomic E-state index is 13.5. The highest BCUT2D eigenvalue weighted by Gasteiger charge is 2.29. The minimum Gasteiger partial charge on any atom is -0.497 e. The number of aromatic nitrogens is 3. The number of aryl methyl sites for hydroxylation is 1. The van der Waals surface area contributed by atoms with Gasteiger partial charge in [0.2, 0.25) is 0 Å². The molecule has 6 heteroatoms. The molecule has 0 N–H and O–H groups in total. The lowest BCUT2D eigenvalue weighted by atomic mass is 9.94. The quantitative estimate of drug-likeness (QED) is 0.715. The van der Waals surface area contributed by atoms with Crippen molar-refractivity contribution in [1.29, 1.82) is 0 Å². The molecule has 27 heavy (non-hydrogen) atoms. The highest BCUT2D eigenvalue weighted by atomic mass is 16.5. The molecule has 1 aliphatic heterocycles. The molecule has 0 bridgehead atoms. The third kappa shape index (κ3) is 3.05. The van der Waals surface area contributed by atoms with E-state index >= 15 is 0 Å². The zero-order valence-corrected chi connectivity index (χ0v) is 16.0. The van der Waals surface area contributed by atoms with Crippen LogP contribution < -0.4 is 4.74 Å². The molecule has 1 aliphatic rings. The Kier molecular flexibility index (Phi) is 4.56. The van der Waals surface area contributed by atoms with Crippen molar-refractivity contribution in [2.75, 3.05) is 20.2 Å². The maximum Gasteiger partial charge on any atom is 0.256 e. The maximum absolute atomic E-state index is 13.5. The van der Waals surface area contributed by atoms with Crippen LogP contribution in [-0.2, 0) is 7.05 Å². The number of hydrogen-bond acceptors (Lipinski definition) is 4. The van der Waals surface area contributed by atoms with E-state index in [4.69, 9.17) is 4.74 Å². The summed E-state index contributed by atoms with van der Waals surface area (Å²) < 4.78 is 7.46. The number of benzene rings is 1. The summed E-state index contributed by atoms with van der Waals surface area (Å²) >= 11 is 0. The van der Waals surface area contributed by atoms with Crippen LogP contribution in [0.25, 0.3) is 10.9 Å². The first kappa shape index (κ1) is 17.5. The summed E-state index contributed by atoms with van der Waals surface area (Å²) in [5.74, 6) is 1.11. The van der Waals surface area contributed by atoms with Crippen LogP contribution in [0.15, 0.2) is 36.8 Å². The minimum absolute atomic E-state index is 0.0881. The highest BCUT2D eigenvalue weighted by Crippen LogP contribution is 2.32. The molecule has 0 radical (unpaired) electrons. The molecule has 0 saturated carbocycles. The molecule has 4 rings (SSSR count). The van der Waals surface area contributed by atoms with Gasteiger partial charge in [-0.3, -0.25) is 4.79 Å². The fraction of sp³-hybridized carbons (Fsp3) is 0.381. The zero-order valence-electron chi connectivity index (χ0n) is 16.0. The van der Waals surface area contributed by atoms with Crippen LogP contribution in [0.1, 0.15) is 40.5 Å². The number of ether oxygens (including phenoxy) is 1. The van der Waals surface area contributed by atoms with Gasteiger partial charge >= 0.3 is 0 Å². The molecule has 6 nitrogen and oxygen atoms in total. The van der Waals surface area contributed by atoms with Crippen LogP contribution in [0.3, 0.4) is 0 Å². The molecule has 1 amide bonds. The van der Waals surface area contributed by atoms with Gasteiger partial charge in [0.05, 0.1) is 12.7 Å². The Labute approximate surface area is 158 Å². The SMILES string of the molecule is COc1ccc2c(c1)c(C(=O)N1CCC[C@H](c3ccncn3)C1)c(C)n2C. The lowest BCUT2D eigenvalue weighted by molar-refractivity contribution is 0.0707. The minimum atomic E-state index is 0.0881. The second-order valence-electron chi connectivity index (χ2n) is 7.13. The third-order valence-electron chi connectivity index (χ3n) is 5.64. The van der Waals surface area contributed by atoms with Crippen molar-refractivity contribution < 1.29 is 9.53 Å². The van der Waals surface area contributed by atoms with Crippen molar-refractivity contribution in [3.63, 3.8) is 0 Å². The van der Waals surface area contributed by atoms with E-state index in [0.29, 0.717) is 6.54 Å². The summed E-state index contributed by atoms with van der Waals surface area (Å²) in [6, 6.07) is 7.86. The monoisotopic (exact) mass is 364 g/mol.